The summed E-state index contributed by atoms with van der Waals surface area (Å²) >= 11 is 12.6. The van der Waals surface area contributed by atoms with Gasteiger partial charge in [-0.25, -0.2) is 13.6 Å². The molecule has 0 bridgehead atoms. The number of aromatic carboxylic acids is 1. The summed E-state index contributed by atoms with van der Waals surface area (Å²) in [5, 5.41) is 21.0. The van der Waals surface area contributed by atoms with E-state index in [2.05, 4.69) is 6.07 Å². The van der Waals surface area contributed by atoms with Crippen molar-refractivity contribution in [3.05, 3.63) is 93.0 Å². The highest BCUT2D eigenvalue weighted by Gasteiger charge is 2.73. The minimum Gasteiger partial charge on any atom is -0.495 e. The number of nitrogens with zero attached hydrogens (tertiary/aromatic N) is 3. The van der Waals surface area contributed by atoms with Crippen molar-refractivity contribution in [1.82, 2.24) is 4.90 Å². The molecule has 1 N–H and O–H groups in total. The Bertz CT molecular complexity index is 1960. The molecule has 4 unspecified atom stereocenters. The summed E-state index contributed by atoms with van der Waals surface area (Å²) in [4.78, 5) is 43.7. The lowest BCUT2D eigenvalue weighted by molar-refractivity contribution is -0.145. The van der Waals surface area contributed by atoms with Gasteiger partial charge in [0.05, 0.1) is 48.1 Å². The Balaban J connectivity index is 1.68. The molecule has 13 heteroatoms. The predicted molar refractivity (Wildman–Crippen MR) is 186 cm³/mol. The Labute approximate surface area is 304 Å². The van der Waals surface area contributed by atoms with E-state index in [0.29, 0.717) is 6.42 Å². The van der Waals surface area contributed by atoms with Gasteiger partial charge in [-0.1, -0.05) is 62.2 Å². The summed E-state index contributed by atoms with van der Waals surface area (Å²) in [6.07, 6.45) is -0.357. The number of hydrogen-bond donors (Lipinski definition) is 1. The van der Waals surface area contributed by atoms with Crippen LogP contribution in [0.25, 0.3) is 0 Å². The highest BCUT2D eigenvalue weighted by Crippen LogP contribution is 2.63. The number of carbonyl (C=O) groups is 3. The van der Waals surface area contributed by atoms with Crippen molar-refractivity contribution in [1.29, 1.82) is 5.26 Å². The number of fused-ring (bicyclic) bond motifs is 1. The van der Waals surface area contributed by atoms with Crippen LogP contribution in [0.2, 0.25) is 10.0 Å². The molecule has 7 atom stereocenters. The minimum atomic E-state index is -1.87. The molecule has 9 nitrogen and oxygen atoms in total. The number of nitriles is 1. The SMILES string of the molecule is CCOC(=O)C1CC1[C@@H]1N(c2ccc(C(=O)O)cc2OC)C(=O)[C@H]2C(c3cccc(Cl)c3F)[C@@](C#N)(c3ccc(Cl)cc3F)C(CC(C)(C)C)N12. The number of hydrogen-bond acceptors (Lipinski definition) is 7. The van der Waals surface area contributed by atoms with Crippen molar-refractivity contribution >= 4 is 46.7 Å². The maximum absolute atomic E-state index is 16.4. The van der Waals surface area contributed by atoms with Crippen LogP contribution in [0.1, 0.15) is 67.9 Å². The molecular weight excluding hydrogens is 703 g/mol. The lowest BCUT2D eigenvalue weighted by Gasteiger charge is -2.43. The minimum absolute atomic E-state index is 0.0512. The molecule has 0 spiro atoms. The van der Waals surface area contributed by atoms with E-state index in [9.17, 15) is 20.0 Å². The monoisotopic (exact) mass is 739 g/mol. The maximum Gasteiger partial charge on any atom is 0.335 e. The van der Waals surface area contributed by atoms with Crippen LogP contribution in [0.4, 0.5) is 14.5 Å². The molecule has 268 valence electrons. The van der Waals surface area contributed by atoms with Crippen molar-refractivity contribution < 1.29 is 37.7 Å². The van der Waals surface area contributed by atoms with E-state index in [0.717, 1.165) is 6.07 Å². The number of benzene rings is 3. The van der Waals surface area contributed by atoms with E-state index in [1.165, 1.54) is 60.5 Å². The Morgan fingerprint density at radius 2 is 1.84 bits per heavy atom. The van der Waals surface area contributed by atoms with Gasteiger partial charge >= 0.3 is 11.9 Å². The molecule has 3 aromatic rings. The number of carbonyl (C=O) groups excluding carboxylic acids is 2. The normalized spacial score (nSPS) is 27.2. The van der Waals surface area contributed by atoms with Gasteiger partial charge in [-0.05, 0) is 67.1 Å². The van der Waals surface area contributed by atoms with Crippen LogP contribution in [0, 0.1) is 40.2 Å². The lowest BCUT2D eigenvalue weighted by atomic mass is 9.62. The van der Waals surface area contributed by atoms with Crippen LogP contribution < -0.4 is 9.64 Å². The molecule has 3 aromatic carbocycles. The molecule has 3 fully saturated rings. The molecule has 6 rings (SSSR count). The van der Waals surface area contributed by atoms with Crippen molar-refractivity contribution in [2.75, 3.05) is 18.6 Å². The number of anilines is 1. The average Bonchev–Trinajstić information content (AvgIpc) is 3.75. The smallest absolute Gasteiger partial charge is 0.335 e. The topological polar surface area (TPSA) is 120 Å². The van der Waals surface area contributed by atoms with E-state index < -0.39 is 76.3 Å². The molecule has 2 aliphatic heterocycles. The first-order valence-electron chi connectivity index (χ1n) is 16.6. The summed E-state index contributed by atoms with van der Waals surface area (Å²) in [6.45, 7) is 7.69. The van der Waals surface area contributed by atoms with Gasteiger partial charge in [0.25, 0.3) is 0 Å². The number of esters is 1. The fourth-order valence-corrected chi connectivity index (χ4v) is 8.57. The number of methoxy groups -OCH3 is 1. The number of carboxylic acids is 1. The molecule has 2 saturated heterocycles. The van der Waals surface area contributed by atoms with Gasteiger partial charge in [0.1, 0.15) is 28.8 Å². The Morgan fingerprint density at radius 1 is 1.12 bits per heavy atom. The summed E-state index contributed by atoms with van der Waals surface area (Å²) in [6, 6.07) is 12.6. The van der Waals surface area contributed by atoms with Gasteiger partial charge in [-0.2, -0.15) is 5.26 Å². The number of rotatable bonds is 9. The zero-order valence-corrected chi connectivity index (χ0v) is 30.1. The van der Waals surface area contributed by atoms with E-state index in [4.69, 9.17) is 32.7 Å². The standard InChI is InChI=1S/C38H37Cl2F2N3O6/c1-6-51-36(49)23-16-22(23)33-44(27-13-10-19(35(47)48)14-28(27)50-5)34(46)32-30(21-8-7-9-25(40)31(21)42)38(18-43,24-12-11-20(39)15-26(24)41)29(45(32)33)17-37(2,3)4/h7-15,22-23,29-30,32-33H,6,16-17H2,1-5H3,(H,47,48)/t22?,23?,29?,30?,32-,33-,38+/m1/s1. The average molecular weight is 741 g/mol. The molecule has 0 radical (unpaired) electrons. The highest BCUT2D eigenvalue weighted by atomic mass is 35.5. The van der Waals surface area contributed by atoms with E-state index in [1.807, 2.05) is 25.7 Å². The third-order valence-electron chi connectivity index (χ3n) is 10.3. The lowest BCUT2D eigenvalue weighted by Crippen LogP contribution is -2.53. The van der Waals surface area contributed by atoms with Gasteiger partial charge in [0.2, 0.25) is 5.91 Å². The van der Waals surface area contributed by atoms with E-state index in [-0.39, 0.29) is 51.2 Å². The molecule has 1 saturated carbocycles. The maximum atomic E-state index is 16.4. The second-order valence-electron chi connectivity index (χ2n) is 14.5. The summed E-state index contributed by atoms with van der Waals surface area (Å²) < 4.78 is 43.8. The van der Waals surface area contributed by atoms with Crippen LogP contribution in [0.3, 0.4) is 0 Å². The molecule has 2 heterocycles. The number of halogens is 4. The summed E-state index contributed by atoms with van der Waals surface area (Å²) in [5.74, 6) is -6.23. The molecular formula is C38H37Cl2F2N3O6. The third kappa shape index (κ3) is 6.01. The summed E-state index contributed by atoms with van der Waals surface area (Å²) in [7, 11) is 1.34. The van der Waals surface area contributed by atoms with Crippen LogP contribution in [0.5, 0.6) is 5.75 Å². The fourth-order valence-electron chi connectivity index (χ4n) is 8.23. The Kier molecular flexibility index (Phi) is 9.59. The highest BCUT2D eigenvalue weighted by molar-refractivity contribution is 6.31. The number of carboxylic acid groups (broad SMARTS) is 1. The zero-order chi connectivity index (χ0) is 37.2. The van der Waals surface area contributed by atoms with Crippen LogP contribution in [-0.4, -0.2) is 59.8 Å². The van der Waals surface area contributed by atoms with Crippen molar-refractivity contribution in [3.8, 4) is 11.8 Å². The van der Waals surface area contributed by atoms with Crippen molar-refractivity contribution in [2.24, 2.45) is 17.3 Å². The molecule has 51 heavy (non-hydrogen) atoms. The van der Waals surface area contributed by atoms with Crippen molar-refractivity contribution in [3.63, 3.8) is 0 Å². The first-order chi connectivity index (χ1) is 24.1. The first kappa shape index (κ1) is 36.5. The molecule has 1 aliphatic carbocycles. The predicted octanol–water partition coefficient (Wildman–Crippen LogP) is 7.58. The zero-order valence-electron chi connectivity index (χ0n) is 28.6. The fraction of sp³-hybridized carbons (Fsp3) is 0.421. The van der Waals surface area contributed by atoms with Crippen LogP contribution >= 0.6 is 23.2 Å². The second-order valence-corrected chi connectivity index (χ2v) is 15.3. The molecule has 0 aromatic heterocycles. The molecule has 3 aliphatic rings. The number of ether oxygens (including phenoxy) is 2. The van der Waals surface area contributed by atoms with Crippen LogP contribution in [0.15, 0.2) is 54.6 Å². The first-order valence-corrected chi connectivity index (χ1v) is 17.4. The van der Waals surface area contributed by atoms with Crippen molar-refractivity contribution in [2.45, 2.75) is 70.1 Å². The van der Waals surface area contributed by atoms with E-state index in [1.54, 1.807) is 6.92 Å². The van der Waals surface area contributed by atoms with Gasteiger partial charge < -0.3 is 14.6 Å². The van der Waals surface area contributed by atoms with Gasteiger partial charge in [-0.15, -0.1) is 0 Å². The second kappa shape index (κ2) is 13.4. The van der Waals surface area contributed by atoms with Gasteiger partial charge in [0, 0.05) is 28.5 Å². The largest absolute Gasteiger partial charge is 0.495 e. The Hall–Kier alpha value is -4.24. The Morgan fingerprint density at radius 3 is 2.45 bits per heavy atom. The van der Waals surface area contributed by atoms with Gasteiger partial charge in [-0.3, -0.25) is 19.4 Å². The quantitative estimate of drug-likeness (QED) is 0.223. The molecule has 1 amide bonds. The van der Waals surface area contributed by atoms with Gasteiger partial charge in [0.15, 0.2) is 0 Å². The van der Waals surface area contributed by atoms with Crippen LogP contribution in [-0.2, 0) is 19.7 Å². The van der Waals surface area contributed by atoms with E-state index >= 15 is 13.6 Å². The third-order valence-corrected chi connectivity index (χ3v) is 10.8. The number of amides is 1. The summed E-state index contributed by atoms with van der Waals surface area (Å²) in [5.41, 5.74) is -2.36.